The largest absolute Gasteiger partial charge is 0.480 e. The normalized spacial score (nSPS) is 12.7. The van der Waals surface area contributed by atoms with Gasteiger partial charge in [-0.3, -0.25) is 4.79 Å². The number of benzene rings is 1. The van der Waals surface area contributed by atoms with Crippen molar-refractivity contribution < 1.29 is 26.7 Å². The molecule has 1 rings (SSSR count). The Labute approximate surface area is 142 Å². The number of carboxylic acid groups (broad SMARTS) is 1. The maximum atomic E-state index is 12.5. The summed E-state index contributed by atoms with van der Waals surface area (Å²) >= 11 is 0. The minimum absolute atomic E-state index is 0.0516. The minimum Gasteiger partial charge on any atom is -0.480 e. The molecule has 0 fully saturated rings. The van der Waals surface area contributed by atoms with E-state index < -0.39 is 38.6 Å². The minimum atomic E-state index is -4.04. The summed E-state index contributed by atoms with van der Waals surface area (Å²) in [6.07, 6.45) is 0.629. The molecule has 8 nitrogen and oxygen atoms in total. The first kappa shape index (κ1) is 20.6. The van der Waals surface area contributed by atoms with Crippen LogP contribution in [0.25, 0.3) is 0 Å². The van der Waals surface area contributed by atoms with Gasteiger partial charge in [-0.15, -0.1) is 0 Å². The van der Waals surface area contributed by atoms with E-state index in [1.807, 2.05) is 6.92 Å². The fourth-order valence-corrected chi connectivity index (χ4v) is 4.64. The average molecular weight is 378 g/mol. The molecule has 0 aromatic heterocycles. The van der Waals surface area contributed by atoms with Gasteiger partial charge in [-0.05, 0) is 44.5 Å². The number of rotatable bonds is 9. The second-order valence-corrected chi connectivity index (χ2v) is 9.06. The Hall–Kier alpha value is -1.49. The molecule has 1 aromatic rings. The zero-order valence-electron chi connectivity index (χ0n) is 13.8. The number of carboxylic acids is 1. The van der Waals surface area contributed by atoms with Gasteiger partial charge in [-0.2, -0.15) is 4.31 Å². The van der Waals surface area contributed by atoms with Crippen LogP contribution in [0.3, 0.4) is 0 Å². The third kappa shape index (κ3) is 5.00. The Morgan fingerprint density at radius 1 is 1.12 bits per heavy atom. The van der Waals surface area contributed by atoms with Gasteiger partial charge in [0.05, 0.1) is 9.79 Å². The summed E-state index contributed by atoms with van der Waals surface area (Å²) in [7, 11) is -7.73. The van der Waals surface area contributed by atoms with Crippen LogP contribution in [-0.4, -0.2) is 51.3 Å². The number of hydrogen-bond acceptors (Lipinski definition) is 5. The lowest BCUT2D eigenvalue weighted by Crippen LogP contribution is -2.40. The molecule has 1 aromatic carbocycles. The van der Waals surface area contributed by atoms with Crippen molar-refractivity contribution in [2.75, 3.05) is 13.1 Å². The molecule has 0 saturated heterocycles. The highest BCUT2D eigenvalue weighted by Crippen LogP contribution is 2.20. The highest BCUT2D eigenvalue weighted by atomic mass is 32.2. The van der Waals surface area contributed by atoms with Gasteiger partial charge in [0.15, 0.2) is 0 Å². The zero-order valence-corrected chi connectivity index (χ0v) is 15.4. The average Bonchev–Trinajstić information content (AvgIpc) is 2.50. The van der Waals surface area contributed by atoms with Crippen molar-refractivity contribution in [1.29, 1.82) is 0 Å². The quantitative estimate of drug-likeness (QED) is 0.657. The lowest BCUT2D eigenvalue weighted by atomic mass is 10.4. The van der Waals surface area contributed by atoms with Crippen LogP contribution >= 0.6 is 0 Å². The Morgan fingerprint density at radius 2 is 1.62 bits per heavy atom. The number of nitrogens with one attached hydrogen (secondary N) is 1. The van der Waals surface area contributed by atoms with Gasteiger partial charge < -0.3 is 5.11 Å². The Morgan fingerprint density at radius 3 is 2.04 bits per heavy atom. The van der Waals surface area contributed by atoms with Gasteiger partial charge in [0.25, 0.3) is 0 Å². The molecule has 24 heavy (non-hydrogen) atoms. The maximum absolute atomic E-state index is 12.5. The Bertz CT molecular complexity index is 770. The molecule has 0 radical (unpaired) electrons. The fourth-order valence-electron chi connectivity index (χ4n) is 1.92. The maximum Gasteiger partial charge on any atom is 0.318 e. The van der Waals surface area contributed by atoms with E-state index in [-0.39, 0.29) is 16.3 Å². The second kappa shape index (κ2) is 8.06. The van der Waals surface area contributed by atoms with E-state index in [0.29, 0.717) is 6.42 Å². The predicted molar refractivity (Wildman–Crippen MR) is 88.6 cm³/mol. The molecule has 0 unspecified atom stereocenters. The van der Waals surface area contributed by atoms with Crippen LogP contribution in [0.5, 0.6) is 0 Å². The van der Waals surface area contributed by atoms with E-state index in [1.54, 1.807) is 13.8 Å². The second-order valence-electron chi connectivity index (χ2n) is 5.41. The monoisotopic (exact) mass is 378 g/mol. The summed E-state index contributed by atoms with van der Waals surface area (Å²) in [6, 6.07) is 4.13. The van der Waals surface area contributed by atoms with E-state index in [2.05, 4.69) is 4.72 Å². The third-order valence-corrected chi connectivity index (χ3v) is 6.66. The molecule has 0 aliphatic rings. The Balaban J connectivity index is 3.17. The van der Waals surface area contributed by atoms with Gasteiger partial charge in [-0.25, -0.2) is 21.6 Å². The van der Waals surface area contributed by atoms with Crippen molar-refractivity contribution in [2.45, 2.75) is 43.0 Å². The SMILES string of the molecule is CCCNS(=O)(=O)c1ccc(S(=O)(=O)N(CC(=O)O)C(C)C)cc1. The molecular weight excluding hydrogens is 356 g/mol. The highest BCUT2D eigenvalue weighted by molar-refractivity contribution is 7.89. The number of hydrogen-bond donors (Lipinski definition) is 2. The summed E-state index contributed by atoms with van der Waals surface area (Å²) < 4.78 is 52.3. The molecule has 2 N–H and O–H groups in total. The van der Waals surface area contributed by atoms with E-state index in [1.165, 1.54) is 12.1 Å². The first-order valence-electron chi connectivity index (χ1n) is 7.35. The first-order valence-corrected chi connectivity index (χ1v) is 10.3. The Kier molecular flexibility index (Phi) is 6.90. The fraction of sp³-hybridized carbons (Fsp3) is 0.500. The van der Waals surface area contributed by atoms with E-state index in [9.17, 15) is 21.6 Å². The van der Waals surface area contributed by atoms with Crippen LogP contribution in [0, 0.1) is 0 Å². The van der Waals surface area contributed by atoms with Crippen LogP contribution in [0.4, 0.5) is 0 Å². The smallest absolute Gasteiger partial charge is 0.318 e. The molecule has 0 atom stereocenters. The van der Waals surface area contributed by atoms with Crippen LogP contribution in [-0.2, 0) is 24.8 Å². The molecule has 0 aliphatic carbocycles. The van der Waals surface area contributed by atoms with Gasteiger partial charge in [0.2, 0.25) is 20.0 Å². The number of carbonyl (C=O) groups is 1. The van der Waals surface area contributed by atoms with Crippen molar-refractivity contribution in [2.24, 2.45) is 0 Å². The van der Waals surface area contributed by atoms with Crippen LogP contribution in [0.15, 0.2) is 34.1 Å². The lowest BCUT2D eigenvalue weighted by Gasteiger charge is -2.24. The van der Waals surface area contributed by atoms with E-state index in [0.717, 1.165) is 16.4 Å². The summed E-state index contributed by atoms with van der Waals surface area (Å²) in [5, 5.41) is 8.88. The third-order valence-electron chi connectivity index (χ3n) is 3.15. The van der Waals surface area contributed by atoms with Gasteiger partial charge in [0, 0.05) is 12.6 Å². The van der Waals surface area contributed by atoms with Gasteiger partial charge >= 0.3 is 5.97 Å². The molecule has 0 saturated carbocycles. The number of nitrogens with zero attached hydrogens (tertiary/aromatic N) is 1. The lowest BCUT2D eigenvalue weighted by molar-refractivity contribution is -0.137. The van der Waals surface area contributed by atoms with Crippen molar-refractivity contribution in [3.05, 3.63) is 24.3 Å². The summed E-state index contributed by atoms with van der Waals surface area (Å²) in [4.78, 5) is 10.7. The van der Waals surface area contributed by atoms with Crippen LogP contribution in [0.1, 0.15) is 27.2 Å². The molecular formula is C14H22N2O6S2. The summed E-state index contributed by atoms with van der Waals surface area (Å²) in [5.74, 6) is -1.27. The zero-order chi connectivity index (χ0) is 18.5. The molecule has 0 heterocycles. The van der Waals surface area contributed by atoms with Crippen molar-refractivity contribution in [1.82, 2.24) is 9.03 Å². The number of sulfonamides is 2. The van der Waals surface area contributed by atoms with Gasteiger partial charge in [0.1, 0.15) is 6.54 Å². The van der Waals surface area contributed by atoms with Crippen molar-refractivity contribution in [3.8, 4) is 0 Å². The van der Waals surface area contributed by atoms with Crippen LogP contribution < -0.4 is 4.72 Å². The molecule has 10 heteroatoms. The first-order chi connectivity index (χ1) is 11.0. The van der Waals surface area contributed by atoms with Gasteiger partial charge in [-0.1, -0.05) is 6.92 Å². The number of aliphatic carboxylic acids is 1. The molecule has 136 valence electrons. The van der Waals surface area contributed by atoms with E-state index in [4.69, 9.17) is 5.11 Å². The standard InChI is InChI=1S/C14H22N2O6S2/c1-4-9-15-23(19,20)12-5-7-13(8-6-12)24(21,22)16(11(2)3)10-14(17)18/h5-8,11,15H,4,9-10H2,1-3H3,(H,17,18). The van der Waals surface area contributed by atoms with Crippen LogP contribution in [0.2, 0.25) is 0 Å². The van der Waals surface area contributed by atoms with E-state index >= 15 is 0 Å². The molecule has 0 bridgehead atoms. The highest BCUT2D eigenvalue weighted by Gasteiger charge is 2.29. The summed E-state index contributed by atoms with van der Waals surface area (Å²) in [6.45, 7) is 4.56. The molecule has 0 aliphatic heterocycles. The van der Waals surface area contributed by atoms with Crippen molar-refractivity contribution >= 4 is 26.0 Å². The predicted octanol–water partition coefficient (Wildman–Crippen LogP) is 0.859. The summed E-state index contributed by atoms with van der Waals surface area (Å²) in [5.41, 5.74) is 0. The molecule has 0 spiro atoms. The van der Waals surface area contributed by atoms with Crippen molar-refractivity contribution in [3.63, 3.8) is 0 Å². The molecule has 0 amide bonds. The topological polar surface area (TPSA) is 121 Å².